The molecule has 3 aliphatic heterocycles. The molecule has 0 aromatic carbocycles. The molecule has 3 rings (SSSR count). The molecule has 0 aromatic heterocycles. The number of esters is 4. The first-order valence-electron chi connectivity index (χ1n) is 10.6. The molecule has 3 fully saturated rings. The van der Waals surface area contributed by atoms with E-state index in [1.807, 2.05) is 0 Å². The number of aliphatic hydroxyl groups excluding tert-OH is 2. The fraction of sp³-hybridized carbons (Fsp3) is 0.800. The van der Waals surface area contributed by atoms with Gasteiger partial charge in [-0.25, -0.2) is 0 Å². The van der Waals surface area contributed by atoms with Crippen molar-refractivity contribution in [2.24, 2.45) is 0 Å². The Morgan fingerprint density at radius 2 is 1.35 bits per heavy atom. The van der Waals surface area contributed by atoms with Gasteiger partial charge in [0.1, 0.15) is 37.1 Å². The van der Waals surface area contributed by atoms with Crippen LogP contribution in [-0.2, 0) is 57.1 Å². The minimum atomic E-state index is -1.52. The summed E-state index contributed by atoms with van der Waals surface area (Å²) < 4.78 is 43.3. The highest BCUT2D eigenvalue weighted by Crippen LogP contribution is 2.35. The van der Waals surface area contributed by atoms with E-state index in [9.17, 15) is 29.4 Å². The SMILES string of the molecule is CC(=O)OC[C@H]1O[C@@H](O[C@H]2[C@H](O)[C@H](O)[C@@H]3OC[C@H]2O3)[C@H](OC(C)=O)[C@@H](OC(C)=O)[C@H]1OC(C)=O. The zero-order chi connectivity index (χ0) is 25.2. The van der Waals surface area contributed by atoms with Crippen molar-refractivity contribution in [1.29, 1.82) is 0 Å². The van der Waals surface area contributed by atoms with E-state index in [-0.39, 0.29) is 6.61 Å². The Kier molecular flexibility index (Phi) is 8.43. The van der Waals surface area contributed by atoms with Crippen molar-refractivity contribution in [2.75, 3.05) is 13.2 Å². The van der Waals surface area contributed by atoms with Crippen LogP contribution in [0.25, 0.3) is 0 Å². The molecular formula is C20H28O14. The monoisotopic (exact) mass is 492 g/mol. The third-order valence-electron chi connectivity index (χ3n) is 5.30. The Labute approximate surface area is 194 Å². The van der Waals surface area contributed by atoms with E-state index in [1.165, 1.54) is 0 Å². The quantitative estimate of drug-likeness (QED) is 0.292. The van der Waals surface area contributed by atoms with Crippen molar-refractivity contribution >= 4 is 23.9 Å². The minimum absolute atomic E-state index is 0.00523. The fourth-order valence-corrected chi connectivity index (χ4v) is 3.99. The van der Waals surface area contributed by atoms with E-state index < -0.39 is 91.9 Å². The van der Waals surface area contributed by atoms with Gasteiger partial charge in [-0.2, -0.15) is 0 Å². The molecule has 0 spiro atoms. The number of aliphatic hydroxyl groups is 2. The van der Waals surface area contributed by atoms with E-state index in [2.05, 4.69) is 0 Å². The minimum Gasteiger partial charge on any atom is -0.463 e. The van der Waals surface area contributed by atoms with Crippen LogP contribution in [0, 0.1) is 0 Å². The van der Waals surface area contributed by atoms with Crippen LogP contribution in [0.3, 0.4) is 0 Å². The fourth-order valence-electron chi connectivity index (χ4n) is 3.99. The second-order valence-electron chi connectivity index (χ2n) is 8.03. The van der Waals surface area contributed by atoms with Crippen LogP contribution in [0.1, 0.15) is 27.7 Å². The van der Waals surface area contributed by atoms with E-state index in [4.69, 9.17) is 37.9 Å². The molecule has 3 saturated heterocycles. The van der Waals surface area contributed by atoms with Gasteiger partial charge in [0, 0.05) is 27.7 Å². The maximum Gasteiger partial charge on any atom is 0.303 e. The highest BCUT2D eigenvalue weighted by Gasteiger charge is 2.56. The Balaban J connectivity index is 1.94. The van der Waals surface area contributed by atoms with Crippen molar-refractivity contribution < 1.29 is 67.3 Å². The molecule has 3 aliphatic rings. The van der Waals surface area contributed by atoms with Gasteiger partial charge >= 0.3 is 23.9 Å². The third-order valence-corrected chi connectivity index (χ3v) is 5.30. The lowest BCUT2D eigenvalue weighted by Crippen LogP contribution is -2.65. The predicted molar refractivity (Wildman–Crippen MR) is 103 cm³/mol. The van der Waals surface area contributed by atoms with E-state index in [1.54, 1.807) is 0 Å². The van der Waals surface area contributed by atoms with Crippen LogP contribution < -0.4 is 0 Å². The van der Waals surface area contributed by atoms with Crippen LogP contribution in [0.5, 0.6) is 0 Å². The summed E-state index contributed by atoms with van der Waals surface area (Å²) in [6.07, 6.45) is -12.9. The molecule has 14 heteroatoms. The number of ether oxygens (including phenoxy) is 8. The zero-order valence-corrected chi connectivity index (χ0v) is 19.0. The molecule has 2 bridgehead atoms. The van der Waals surface area contributed by atoms with Gasteiger partial charge in [-0.3, -0.25) is 19.2 Å². The van der Waals surface area contributed by atoms with Gasteiger partial charge in [-0.05, 0) is 0 Å². The standard InChI is InChI=1S/C20H28O14/c1-7(21)27-5-12-16(29-8(2)22)17(30-9(3)23)18(31-10(4)24)20(33-12)34-15-11-6-28-19(32-11)14(26)13(15)25/h11-20,25-26H,5-6H2,1-4H3/t11-,12-,13-,14+,15-,16+,17+,18-,19-,20+/m1/s1. The van der Waals surface area contributed by atoms with Crippen LogP contribution in [0.2, 0.25) is 0 Å². The van der Waals surface area contributed by atoms with Crippen molar-refractivity contribution in [3.8, 4) is 0 Å². The summed E-state index contributed by atoms with van der Waals surface area (Å²) in [6, 6.07) is 0. The number of hydrogen-bond acceptors (Lipinski definition) is 14. The van der Waals surface area contributed by atoms with Crippen LogP contribution in [0.4, 0.5) is 0 Å². The second-order valence-corrected chi connectivity index (χ2v) is 8.03. The largest absolute Gasteiger partial charge is 0.463 e. The van der Waals surface area contributed by atoms with Gasteiger partial charge in [0.25, 0.3) is 0 Å². The molecule has 14 nitrogen and oxygen atoms in total. The Bertz CT molecular complexity index is 785. The Morgan fingerprint density at radius 3 is 1.94 bits per heavy atom. The van der Waals surface area contributed by atoms with Crippen molar-refractivity contribution in [2.45, 2.75) is 89.1 Å². The summed E-state index contributed by atoms with van der Waals surface area (Å²) >= 11 is 0. The molecule has 0 radical (unpaired) electrons. The normalized spacial score (nSPS) is 39.1. The van der Waals surface area contributed by atoms with Crippen molar-refractivity contribution in [1.82, 2.24) is 0 Å². The molecule has 2 N–H and O–H groups in total. The lowest BCUT2D eigenvalue weighted by molar-refractivity contribution is -0.340. The average Bonchev–Trinajstić information content (AvgIpc) is 3.18. The molecule has 0 aromatic rings. The smallest absolute Gasteiger partial charge is 0.303 e. The summed E-state index contributed by atoms with van der Waals surface area (Å²) in [5, 5.41) is 20.7. The van der Waals surface area contributed by atoms with E-state index in [0.717, 1.165) is 27.7 Å². The number of hydrogen-bond donors (Lipinski definition) is 2. The molecule has 0 aliphatic carbocycles. The van der Waals surface area contributed by atoms with Crippen molar-refractivity contribution in [3.63, 3.8) is 0 Å². The zero-order valence-electron chi connectivity index (χ0n) is 19.0. The molecule has 34 heavy (non-hydrogen) atoms. The summed E-state index contributed by atoms with van der Waals surface area (Å²) in [6.45, 7) is 3.99. The van der Waals surface area contributed by atoms with Gasteiger partial charge < -0.3 is 48.1 Å². The second kappa shape index (κ2) is 10.9. The van der Waals surface area contributed by atoms with Gasteiger partial charge in [0.05, 0.1) is 6.61 Å². The Hall–Kier alpha value is -2.36. The topological polar surface area (TPSA) is 183 Å². The van der Waals surface area contributed by atoms with Crippen LogP contribution in [0.15, 0.2) is 0 Å². The molecule has 0 amide bonds. The lowest BCUT2D eigenvalue weighted by atomic mass is 9.97. The number of fused-ring (bicyclic) bond motifs is 2. The molecule has 0 unspecified atom stereocenters. The van der Waals surface area contributed by atoms with Gasteiger partial charge in [0.15, 0.2) is 30.9 Å². The third kappa shape index (κ3) is 6.00. The average molecular weight is 492 g/mol. The number of rotatable bonds is 7. The summed E-state index contributed by atoms with van der Waals surface area (Å²) in [7, 11) is 0. The summed E-state index contributed by atoms with van der Waals surface area (Å²) in [4.78, 5) is 46.9. The maximum absolute atomic E-state index is 11.9. The maximum atomic E-state index is 11.9. The first-order chi connectivity index (χ1) is 16.0. The van der Waals surface area contributed by atoms with Crippen molar-refractivity contribution in [3.05, 3.63) is 0 Å². The number of carbonyl (C=O) groups excluding carboxylic acids is 4. The highest BCUT2D eigenvalue weighted by atomic mass is 16.8. The molecule has 192 valence electrons. The molecule has 3 heterocycles. The van der Waals surface area contributed by atoms with E-state index in [0.29, 0.717) is 0 Å². The predicted octanol–water partition coefficient (Wildman–Crippen LogP) is -2.07. The summed E-state index contributed by atoms with van der Waals surface area (Å²) in [5.74, 6) is -3.03. The van der Waals surface area contributed by atoms with Gasteiger partial charge in [-0.15, -0.1) is 0 Å². The van der Waals surface area contributed by atoms with Crippen LogP contribution in [-0.4, -0.2) is 109 Å². The van der Waals surface area contributed by atoms with E-state index >= 15 is 0 Å². The lowest BCUT2D eigenvalue weighted by Gasteiger charge is -2.46. The first kappa shape index (κ1) is 26.2. The molecule has 0 saturated carbocycles. The van der Waals surface area contributed by atoms with Gasteiger partial charge in [-0.1, -0.05) is 0 Å². The summed E-state index contributed by atoms with van der Waals surface area (Å²) in [5.41, 5.74) is 0. The molecular weight excluding hydrogens is 464 g/mol. The van der Waals surface area contributed by atoms with Crippen LogP contribution >= 0.6 is 0 Å². The van der Waals surface area contributed by atoms with Gasteiger partial charge in [0.2, 0.25) is 0 Å². The highest BCUT2D eigenvalue weighted by molar-refractivity contribution is 5.68. The number of carbonyl (C=O) groups is 4. The molecule has 10 atom stereocenters. The first-order valence-corrected chi connectivity index (χ1v) is 10.6. The Morgan fingerprint density at radius 1 is 0.765 bits per heavy atom.